The predicted octanol–water partition coefficient (Wildman–Crippen LogP) is 4.38. The maximum Gasteiger partial charge on any atom is 0.255 e. The third-order valence-electron chi connectivity index (χ3n) is 4.24. The van der Waals surface area contributed by atoms with Gasteiger partial charge in [-0.3, -0.25) is 4.79 Å². The normalized spacial score (nSPS) is 10.6. The molecule has 0 aliphatic carbocycles. The van der Waals surface area contributed by atoms with E-state index in [-0.39, 0.29) is 17.3 Å². The van der Waals surface area contributed by atoms with E-state index in [2.05, 4.69) is 25.9 Å². The highest BCUT2D eigenvalue weighted by Crippen LogP contribution is 2.28. The minimum atomic E-state index is -0.373. The zero-order chi connectivity index (χ0) is 20.9. The van der Waals surface area contributed by atoms with Crippen molar-refractivity contribution in [3.63, 3.8) is 0 Å². The number of benzene rings is 3. The number of amides is 1. The number of nitrogens with one attached hydrogen (secondary N) is 2. The van der Waals surface area contributed by atoms with Crippen LogP contribution in [0, 0.1) is 5.82 Å². The number of rotatable bonds is 6. The van der Waals surface area contributed by atoms with E-state index in [9.17, 15) is 9.18 Å². The van der Waals surface area contributed by atoms with Crippen molar-refractivity contribution >= 4 is 17.5 Å². The molecule has 1 heterocycles. The topological polar surface area (TPSA) is 92.8 Å². The Morgan fingerprint density at radius 1 is 1.07 bits per heavy atom. The SMILES string of the molecule is O=C(NCc1ccc(-c2nn[nH]n2)cc1)c1cc(Cl)ccc1Oc1ccc(F)cc1. The van der Waals surface area contributed by atoms with Crippen molar-refractivity contribution in [3.8, 4) is 22.9 Å². The van der Waals surface area contributed by atoms with Crippen LogP contribution >= 0.6 is 11.6 Å². The fraction of sp³-hybridized carbons (Fsp3) is 0.0476. The van der Waals surface area contributed by atoms with Gasteiger partial charge in [0.2, 0.25) is 5.82 Å². The summed E-state index contributed by atoms with van der Waals surface area (Å²) < 4.78 is 18.8. The van der Waals surface area contributed by atoms with Gasteiger partial charge < -0.3 is 10.1 Å². The summed E-state index contributed by atoms with van der Waals surface area (Å²) in [6.07, 6.45) is 0. The van der Waals surface area contributed by atoms with Gasteiger partial charge in [0.1, 0.15) is 17.3 Å². The van der Waals surface area contributed by atoms with E-state index < -0.39 is 0 Å². The van der Waals surface area contributed by atoms with Crippen molar-refractivity contribution in [3.05, 3.63) is 88.7 Å². The van der Waals surface area contributed by atoms with Gasteiger partial charge in [0.15, 0.2) is 0 Å². The van der Waals surface area contributed by atoms with Crippen LogP contribution in [0.5, 0.6) is 11.5 Å². The number of aromatic nitrogens is 4. The Morgan fingerprint density at radius 3 is 2.53 bits per heavy atom. The van der Waals surface area contributed by atoms with Crippen molar-refractivity contribution < 1.29 is 13.9 Å². The third kappa shape index (κ3) is 4.61. The summed E-state index contributed by atoms with van der Waals surface area (Å²) in [7, 11) is 0. The van der Waals surface area contributed by atoms with Crippen LogP contribution in [-0.2, 0) is 6.54 Å². The molecule has 1 amide bonds. The molecule has 30 heavy (non-hydrogen) atoms. The molecule has 0 aliphatic heterocycles. The molecule has 0 saturated heterocycles. The second kappa shape index (κ2) is 8.71. The minimum absolute atomic E-state index is 0.273. The van der Waals surface area contributed by atoms with Gasteiger partial charge in [0.25, 0.3) is 5.91 Å². The average molecular weight is 424 g/mol. The summed E-state index contributed by atoms with van der Waals surface area (Å²) in [6, 6.07) is 17.7. The molecular formula is C21H15ClFN5O2. The molecule has 0 bridgehead atoms. The smallest absolute Gasteiger partial charge is 0.255 e. The Labute approximate surface area is 175 Å². The molecule has 150 valence electrons. The van der Waals surface area contributed by atoms with Gasteiger partial charge in [-0.15, -0.1) is 10.2 Å². The lowest BCUT2D eigenvalue weighted by Gasteiger charge is -2.12. The molecule has 3 aromatic carbocycles. The minimum Gasteiger partial charge on any atom is -0.457 e. The summed E-state index contributed by atoms with van der Waals surface area (Å²) in [5.41, 5.74) is 1.97. The molecule has 9 heteroatoms. The summed E-state index contributed by atoms with van der Waals surface area (Å²) in [6.45, 7) is 0.299. The summed E-state index contributed by atoms with van der Waals surface area (Å²) in [5.74, 6) is 0.492. The van der Waals surface area contributed by atoms with Crippen molar-refractivity contribution in [2.45, 2.75) is 6.54 Å². The Bertz CT molecular complexity index is 1150. The Balaban J connectivity index is 1.46. The number of tetrazole rings is 1. The maximum atomic E-state index is 13.1. The van der Waals surface area contributed by atoms with E-state index in [0.29, 0.717) is 28.9 Å². The van der Waals surface area contributed by atoms with E-state index in [1.165, 1.54) is 30.3 Å². The number of aromatic amines is 1. The van der Waals surface area contributed by atoms with Crippen LogP contribution in [0.2, 0.25) is 5.02 Å². The number of hydrogen-bond donors (Lipinski definition) is 2. The molecule has 0 aliphatic rings. The van der Waals surface area contributed by atoms with Gasteiger partial charge in [-0.25, -0.2) is 4.39 Å². The van der Waals surface area contributed by atoms with Crippen molar-refractivity contribution in [1.82, 2.24) is 25.9 Å². The lowest BCUT2D eigenvalue weighted by Crippen LogP contribution is -2.23. The van der Waals surface area contributed by atoms with Gasteiger partial charge in [0, 0.05) is 17.1 Å². The molecule has 7 nitrogen and oxygen atoms in total. The van der Waals surface area contributed by atoms with E-state index in [1.54, 1.807) is 12.1 Å². The molecule has 0 unspecified atom stereocenters. The first-order valence-corrected chi connectivity index (χ1v) is 9.30. The lowest BCUT2D eigenvalue weighted by atomic mass is 10.1. The number of ether oxygens (including phenoxy) is 1. The molecule has 1 aromatic heterocycles. The van der Waals surface area contributed by atoms with Crippen LogP contribution in [0.1, 0.15) is 15.9 Å². The highest BCUT2D eigenvalue weighted by molar-refractivity contribution is 6.31. The second-order valence-corrected chi connectivity index (χ2v) is 6.75. The third-order valence-corrected chi connectivity index (χ3v) is 4.47. The van der Waals surface area contributed by atoms with Crippen LogP contribution in [-0.4, -0.2) is 26.5 Å². The Kier molecular flexibility index (Phi) is 5.67. The van der Waals surface area contributed by atoms with Gasteiger partial charge >= 0.3 is 0 Å². The van der Waals surface area contributed by atoms with E-state index in [1.807, 2.05) is 24.3 Å². The van der Waals surface area contributed by atoms with Crippen molar-refractivity contribution in [2.24, 2.45) is 0 Å². The fourth-order valence-corrected chi connectivity index (χ4v) is 2.90. The Morgan fingerprint density at radius 2 is 1.83 bits per heavy atom. The monoisotopic (exact) mass is 423 g/mol. The number of halogens is 2. The molecule has 0 atom stereocenters. The van der Waals surface area contributed by atoms with E-state index in [4.69, 9.17) is 16.3 Å². The van der Waals surface area contributed by atoms with Gasteiger partial charge in [-0.2, -0.15) is 5.21 Å². The zero-order valence-corrected chi connectivity index (χ0v) is 16.2. The summed E-state index contributed by atoms with van der Waals surface area (Å²) >= 11 is 6.06. The molecular weight excluding hydrogens is 409 g/mol. The zero-order valence-electron chi connectivity index (χ0n) is 15.5. The van der Waals surface area contributed by atoms with Crippen LogP contribution in [0.25, 0.3) is 11.4 Å². The Hall–Kier alpha value is -3.78. The first-order chi connectivity index (χ1) is 14.6. The number of hydrogen-bond acceptors (Lipinski definition) is 5. The van der Waals surface area contributed by atoms with Crippen LogP contribution in [0.4, 0.5) is 4.39 Å². The largest absolute Gasteiger partial charge is 0.457 e. The van der Waals surface area contributed by atoms with E-state index in [0.717, 1.165) is 11.1 Å². The van der Waals surface area contributed by atoms with Crippen LogP contribution in [0.3, 0.4) is 0 Å². The lowest BCUT2D eigenvalue weighted by molar-refractivity contribution is 0.0948. The quantitative estimate of drug-likeness (QED) is 0.480. The standard InChI is InChI=1S/C21H15ClFN5O2/c22-15-5-10-19(30-17-8-6-16(23)7-9-17)18(11-15)21(29)24-12-13-1-3-14(4-2-13)20-25-27-28-26-20/h1-11H,12H2,(H,24,29)(H,25,26,27,28). The second-order valence-electron chi connectivity index (χ2n) is 6.31. The number of carbonyl (C=O) groups excluding carboxylic acids is 1. The number of carbonyl (C=O) groups is 1. The van der Waals surface area contributed by atoms with Gasteiger partial charge in [-0.1, -0.05) is 35.9 Å². The molecule has 2 N–H and O–H groups in total. The molecule has 0 radical (unpaired) electrons. The molecule has 0 fully saturated rings. The number of nitrogens with zero attached hydrogens (tertiary/aromatic N) is 3. The van der Waals surface area contributed by atoms with Crippen molar-refractivity contribution in [2.75, 3.05) is 0 Å². The molecule has 0 saturated carbocycles. The highest BCUT2D eigenvalue weighted by Gasteiger charge is 2.14. The maximum absolute atomic E-state index is 13.1. The first-order valence-electron chi connectivity index (χ1n) is 8.92. The van der Waals surface area contributed by atoms with Crippen molar-refractivity contribution in [1.29, 1.82) is 0 Å². The molecule has 0 spiro atoms. The molecule has 4 rings (SSSR count). The predicted molar refractivity (Wildman–Crippen MR) is 109 cm³/mol. The fourth-order valence-electron chi connectivity index (χ4n) is 2.73. The first kappa shape index (κ1) is 19.5. The van der Waals surface area contributed by atoms with Gasteiger partial charge in [0.05, 0.1) is 5.56 Å². The van der Waals surface area contributed by atoms with Crippen LogP contribution in [0.15, 0.2) is 66.7 Å². The highest BCUT2D eigenvalue weighted by atomic mass is 35.5. The summed E-state index contributed by atoms with van der Waals surface area (Å²) in [5, 5.41) is 17.0. The van der Waals surface area contributed by atoms with Crippen LogP contribution < -0.4 is 10.1 Å². The molecule has 4 aromatic rings. The van der Waals surface area contributed by atoms with E-state index >= 15 is 0 Å². The summed E-state index contributed by atoms with van der Waals surface area (Å²) in [4.78, 5) is 12.7. The number of H-pyrrole nitrogens is 1. The van der Waals surface area contributed by atoms with Gasteiger partial charge in [-0.05, 0) is 53.2 Å². The average Bonchev–Trinajstić information content (AvgIpc) is 3.30.